The molecule has 0 spiro atoms. The van der Waals surface area contributed by atoms with E-state index in [4.69, 9.17) is 18.9 Å². The average Bonchev–Trinajstić information content (AvgIpc) is 2.51. The van der Waals surface area contributed by atoms with E-state index >= 15 is 0 Å². The Hall–Kier alpha value is -0.940. The van der Waals surface area contributed by atoms with Crippen LogP contribution in [0.1, 0.15) is 19.4 Å². The maximum absolute atomic E-state index is 5.72. The normalized spacial score (nSPS) is 12.5. The second-order valence-corrected chi connectivity index (χ2v) is 4.65. The number of ether oxygens (including phenoxy) is 4. The monoisotopic (exact) mass is 296 g/mol. The van der Waals surface area contributed by atoms with Crippen molar-refractivity contribution in [1.82, 2.24) is 0 Å². The summed E-state index contributed by atoms with van der Waals surface area (Å²) in [6, 6.07) is 10.3. The molecule has 21 heavy (non-hydrogen) atoms. The molecule has 1 rings (SSSR count). The van der Waals surface area contributed by atoms with E-state index < -0.39 is 0 Å². The Balaban J connectivity index is 2.11. The molecule has 0 aliphatic heterocycles. The lowest BCUT2D eigenvalue weighted by Crippen LogP contribution is -2.24. The summed E-state index contributed by atoms with van der Waals surface area (Å²) in [5.41, 5.74) is 1.27. The van der Waals surface area contributed by atoms with Crippen LogP contribution >= 0.6 is 0 Å². The van der Waals surface area contributed by atoms with Crippen LogP contribution in [0.15, 0.2) is 30.3 Å². The molecule has 1 aromatic rings. The Kier molecular flexibility index (Phi) is 11.0. The number of benzene rings is 1. The van der Waals surface area contributed by atoms with E-state index in [2.05, 4.69) is 12.1 Å². The number of rotatable bonds is 13. The summed E-state index contributed by atoms with van der Waals surface area (Å²) in [4.78, 5) is 0. The van der Waals surface area contributed by atoms with Crippen molar-refractivity contribution in [2.45, 2.75) is 26.4 Å². The van der Waals surface area contributed by atoms with Crippen molar-refractivity contribution < 1.29 is 18.9 Å². The van der Waals surface area contributed by atoms with Gasteiger partial charge in [0.15, 0.2) is 0 Å². The molecule has 0 saturated carbocycles. The SMILES string of the molecule is CCOCCOCCOCC(Cc1ccccc1)OCC. The van der Waals surface area contributed by atoms with Crippen LogP contribution in [0.25, 0.3) is 0 Å². The molecule has 120 valence electrons. The first-order valence-corrected chi connectivity index (χ1v) is 7.75. The fourth-order valence-corrected chi connectivity index (χ4v) is 1.98. The van der Waals surface area contributed by atoms with Gasteiger partial charge in [-0.25, -0.2) is 0 Å². The van der Waals surface area contributed by atoms with E-state index in [1.54, 1.807) is 0 Å². The molecule has 1 atom stereocenters. The lowest BCUT2D eigenvalue weighted by molar-refractivity contribution is -0.0322. The van der Waals surface area contributed by atoms with E-state index in [1.807, 2.05) is 32.0 Å². The smallest absolute Gasteiger partial charge is 0.0848 e. The van der Waals surface area contributed by atoms with Gasteiger partial charge in [-0.2, -0.15) is 0 Å². The standard InChI is InChI=1S/C17H28O4/c1-3-18-10-11-19-12-13-20-15-17(21-4-2)14-16-8-6-5-7-9-16/h5-9,17H,3-4,10-15H2,1-2H3. The molecule has 0 fully saturated rings. The summed E-state index contributed by atoms with van der Waals surface area (Å²) < 4.78 is 22.0. The molecule has 1 unspecified atom stereocenters. The lowest BCUT2D eigenvalue weighted by Gasteiger charge is -2.17. The third-order valence-corrected chi connectivity index (χ3v) is 2.96. The first kappa shape index (κ1) is 18.1. The molecule has 0 saturated heterocycles. The first-order valence-electron chi connectivity index (χ1n) is 7.75. The topological polar surface area (TPSA) is 36.9 Å². The molecule has 0 amide bonds. The van der Waals surface area contributed by atoms with Gasteiger partial charge in [-0.3, -0.25) is 0 Å². The van der Waals surface area contributed by atoms with Gasteiger partial charge < -0.3 is 18.9 Å². The van der Waals surface area contributed by atoms with Crippen molar-refractivity contribution in [3.63, 3.8) is 0 Å². The highest BCUT2D eigenvalue weighted by Crippen LogP contribution is 2.06. The van der Waals surface area contributed by atoms with Crippen LogP contribution in [0.5, 0.6) is 0 Å². The van der Waals surface area contributed by atoms with Crippen LogP contribution in [-0.2, 0) is 25.4 Å². The predicted molar refractivity (Wildman–Crippen MR) is 83.7 cm³/mol. The summed E-state index contributed by atoms with van der Waals surface area (Å²) in [6.07, 6.45) is 0.973. The van der Waals surface area contributed by atoms with Gasteiger partial charge in [0.05, 0.1) is 39.1 Å². The Labute approximate surface area is 128 Å². The van der Waals surface area contributed by atoms with Crippen molar-refractivity contribution in [3.05, 3.63) is 35.9 Å². The van der Waals surface area contributed by atoms with Gasteiger partial charge >= 0.3 is 0 Å². The van der Waals surface area contributed by atoms with E-state index in [9.17, 15) is 0 Å². The van der Waals surface area contributed by atoms with Crippen molar-refractivity contribution in [1.29, 1.82) is 0 Å². The highest BCUT2D eigenvalue weighted by molar-refractivity contribution is 5.15. The van der Waals surface area contributed by atoms with Gasteiger partial charge in [0.25, 0.3) is 0 Å². The van der Waals surface area contributed by atoms with Crippen molar-refractivity contribution in [2.75, 3.05) is 46.2 Å². The van der Waals surface area contributed by atoms with Crippen LogP contribution < -0.4 is 0 Å². The molecule has 0 aliphatic carbocycles. The van der Waals surface area contributed by atoms with Gasteiger partial charge in [-0.15, -0.1) is 0 Å². The van der Waals surface area contributed by atoms with Gasteiger partial charge in [0.2, 0.25) is 0 Å². The minimum absolute atomic E-state index is 0.0980. The van der Waals surface area contributed by atoms with Crippen LogP contribution in [-0.4, -0.2) is 52.4 Å². The maximum atomic E-state index is 5.72. The molecule has 0 radical (unpaired) electrons. The van der Waals surface area contributed by atoms with E-state index in [0.717, 1.165) is 13.0 Å². The van der Waals surface area contributed by atoms with E-state index in [-0.39, 0.29) is 6.10 Å². The highest BCUT2D eigenvalue weighted by atomic mass is 16.6. The Morgan fingerprint density at radius 1 is 0.810 bits per heavy atom. The molecule has 0 N–H and O–H groups in total. The summed E-state index contributed by atoms with van der Waals surface area (Å²) in [7, 11) is 0. The molecule has 0 aromatic heterocycles. The molecular formula is C17H28O4. The zero-order valence-corrected chi connectivity index (χ0v) is 13.3. The summed E-state index contributed by atoms with van der Waals surface area (Å²) in [5, 5.41) is 0. The Morgan fingerprint density at radius 2 is 1.48 bits per heavy atom. The second kappa shape index (κ2) is 12.8. The Bertz CT molecular complexity index is 329. The van der Waals surface area contributed by atoms with Gasteiger partial charge in [-0.05, 0) is 19.4 Å². The third kappa shape index (κ3) is 9.58. The summed E-state index contributed by atoms with van der Waals surface area (Å²) >= 11 is 0. The van der Waals surface area contributed by atoms with Gasteiger partial charge in [0, 0.05) is 19.6 Å². The lowest BCUT2D eigenvalue weighted by atomic mass is 10.1. The fourth-order valence-electron chi connectivity index (χ4n) is 1.98. The largest absolute Gasteiger partial charge is 0.379 e. The zero-order chi connectivity index (χ0) is 15.2. The highest BCUT2D eigenvalue weighted by Gasteiger charge is 2.09. The van der Waals surface area contributed by atoms with Crippen molar-refractivity contribution >= 4 is 0 Å². The van der Waals surface area contributed by atoms with Crippen LogP contribution in [0.4, 0.5) is 0 Å². The second-order valence-electron chi connectivity index (χ2n) is 4.65. The van der Waals surface area contributed by atoms with Crippen LogP contribution in [0.3, 0.4) is 0 Å². The number of hydrogen-bond acceptors (Lipinski definition) is 4. The average molecular weight is 296 g/mol. The molecule has 0 aliphatic rings. The Morgan fingerprint density at radius 3 is 2.14 bits per heavy atom. The van der Waals surface area contributed by atoms with E-state index in [1.165, 1.54) is 5.56 Å². The van der Waals surface area contributed by atoms with Crippen LogP contribution in [0, 0.1) is 0 Å². The maximum Gasteiger partial charge on any atom is 0.0848 e. The molecule has 4 nitrogen and oxygen atoms in total. The molecule has 0 heterocycles. The van der Waals surface area contributed by atoms with Gasteiger partial charge in [-0.1, -0.05) is 30.3 Å². The quantitative estimate of drug-likeness (QED) is 0.524. The molecule has 1 aromatic carbocycles. The third-order valence-electron chi connectivity index (χ3n) is 2.96. The van der Waals surface area contributed by atoms with Gasteiger partial charge in [0.1, 0.15) is 0 Å². The molecule has 0 bridgehead atoms. The minimum atomic E-state index is 0.0980. The summed E-state index contributed by atoms with van der Waals surface area (Å²) in [5.74, 6) is 0. The first-order chi connectivity index (χ1) is 10.4. The zero-order valence-electron chi connectivity index (χ0n) is 13.3. The minimum Gasteiger partial charge on any atom is -0.379 e. The summed E-state index contributed by atoms with van der Waals surface area (Å²) in [6.45, 7) is 8.46. The predicted octanol–water partition coefficient (Wildman–Crippen LogP) is 2.70. The number of hydrogen-bond donors (Lipinski definition) is 0. The molecular weight excluding hydrogens is 268 g/mol. The molecule has 4 heteroatoms. The van der Waals surface area contributed by atoms with Crippen LogP contribution in [0.2, 0.25) is 0 Å². The van der Waals surface area contributed by atoms with Crippen molar-refractivity contribution in [3.8, 4) is 0 Å². The van der Waals surface area contributed by atoms with E-state index in [0.29, 0.717) is 39.6 Å². The fraction of sp³-hybridized carbons (Fsp3) is 0.647. The van der Waals surface area contributed by atoms with Crippen molar-refractivity contribution in [2.24, 2.45) is 0 Å².